The van der Waals surface area contributed by atoms with E-state index in [4.69, 9.17) is 0 Å². The summed E-state index contributed by atoms with van der Waals surface area (Å²) in [5.74, 6) is 2.27. The Morgan fingerprint density at radius 3 is 2.77 bits per heavy atom. The van der Waals surface area contributed by atoms with E-state index >= 15 is 0 Å². The van der Waals surface area contributed by atoms with Gasteiger partial charge in [-0.05, 0) is 68.3 Å². The fourth-order valence-electron chi connectivity index (χ4n) is 6.43. The van der Waals surface area contributed by atoms with Crippen molar-refractivity contribution in [2.24, 2.45) is 29.1 Å². The molecule has 0 heterocycles. The molecular formula is C19H26O3. The molecule has 3 heteroatoms. The summed E-state index contributed by atoms with van der Waals surface area (Å²) in [7, 11) is 0. The number of carbonyl (C=O) groups excluding carboxylic acids is 2. The fraction of sp³-hybridized carbons (Fsp3) is 0.789. The second kappa shape index (κ2) is 5.02. The molecule has 0 aromatic carbocycles. The van der Waals surface area contributed by atoms with Crippen LogP contribution in [0, 0.1) is 29.1 Å². The van der Waals surface area contributed by atoms with Crippen molar-refractivity contribution >= 4 is 11.6 Å². The fourth-order valence-corrected chi connectivity index (χ4v) is 6.43. The number of ketones is 2. The number of hydrogen-bond acceptors (Lipinski definition) is 3. The van der Waals surface area contributed by atoms with Crippen molar-refractivity contribution in [3.8, 4) is 0 Å². The molecule has 2 unspecified atom stereocenters. The zero-order chi connectivity index (χ0) is 15.5. The van der Waals surface area contributed by atoms with Crippen molar-refractivity contribution in [1.82, 2.24) is 0 Å². The van der Waals surface area contributed by atoms with E-state index < -0.39 is 0 Å². The van der Waals surface area contributed by atoms with E-state index in [1.165, 1.54) is 5.57 Å². The maximum atomic E-state index is 12.5. The van der Waals surface area contributed by atoms with Crippen LogP contribution in [0.5, 0.6) is 0 Å². The Hall–Kier alpha value is -0.960. The lowest BCUT2D eigenvalue weighted by molar-refractivity contribution is -0.143. The number of fused-ring (bicyclic) bond motifs is 5. The highest BCUT2D eigenvalue weighted by Crippen LogP contribution is 2.61. The lowest BCUT2D eigenvalue weighted by Crippen LogP contribution is -2.54. The largest absolute Gasteiger partial charge is 0.393 e. The Morgan fingerprint density at radius 2 is 2.00 bits per heavy atom. The van der Waals surface area contributed by atoms with Crippen molar-refractivity contribution in [3.05, 3.63) is 11.6 Å². The van der Waals surface area contributed by atoms with Crippen molar-refractivity contribution in [2.45, 2.75) is 64.4 Å². The maximum absolute atomic E-state index is 12.5. The van der Waals surface area contributed by atoms with Gasteiger partial charge in [0.2, 0.25) is 0 Å². The molecular weight excluding hydrogens is 276 g/mol. The SMILES string of the molecule is CCC12CC(O)[C@H]3[C@@H](CCC4=CC(=O)CC[C@@H]43)[C@@H]1CCC2=O. The molecule has 3 saturated carbocycles. The van der Waals surface area contributed by atoms with E-state index in [0.717, 1.165) is 32.1 Å². The number of aliphatic hydroxyl groups is 1. The van der Waals surface area contributed by atoms with Crippen molar-refractivity contribution in [2.75, 3.05) is 0 Å². The summed E-state index contributed by atoms with van der Waals surface area (Å²) in [4.78, 5) is 24.2. The standard InChI is InChI=1S/C19H26O3/c1-2-19-10-16(21)18-13-6-4-12(20)9-11(13)3-5-14(18)15(19)7-8-17(19)22/h9,13-16,18,21H,2-8,10H2,1H3/t13-,14-,15-,16?,18+,19?/m0/s1. The first-order chi connectivity index (χ1) is 10.6. The third-order valence-electron chi connectivity index (χ3n) is 7.36. The van der Waals surface area contributed by atoms with Crippen LogP contribution in [0.4, 0.5) is 0 Å². The van der Waals surface area contributed by atoms with Gasteiger partial charge in [0.25, 0.3) is 0 Å². The van der Waals surface area contributed by atoms with E-state index in [2.05, 4.69) is 6.92 Å². The van der Waals surface area contributed by atoms with Crippen LogP contribution in [0.3, 0.4) is 0 Å². The van der Waals surface area contributed by atoms with Crippen LogP contribution in [-0.4, -0.2) is 22.8 Å². The second-order valence-electron chi connectivity index (χ2n) is 7.96. The zero-order valence-corrected chi connectivity index (χ0v) is 13.4. The summed E-state index contributed by atoms with van der Waals surface area (Å²) in [6.45, 7) is 2.12. The number of allylic oxidation sites excluding steroid dienone is 1. The summed E-state index contributed by atoms with van der Waals surface area (Å²) in [5, 5.41) is 10.9. The van der Waals surface area contributed by atoms with E-state index in [0.29, 0.717) is 42.8 Å². The minimum Gasteiger partial charge on any atom is -0.393 e. The first-order valence-corrected chi connectivity index (χ1v) is 9.01. The Bertz CT molecular complexity index is 549. The Balaban J connectivity index is 1.70. The molecule has 4 aliphatic rings. The molecule has 0 saturated heterocycles. The molecule has 0 spiro atoms. The smallest absolute Gasteiger partial charge is 0.155 e. The van der Waals surface area contributed by atoms with Crippen LogP contribution in [0.25, 0.3) is 0 Å². The van der Waals surface area contributed by atoms with Crippen molar-refractivity contribution < 1.29 is 14.7 Å². The molecule has 1 N–H and O–H groups in total. The van der Waals surface area contributed by atoms with Gasteiger partial charge in [-0.25, -0.2) is 0 Å². The van der Waals surface area contributed by atoms with Gasteiger partial charge in [-0.2, -0.15) is 0 Å². The van der Waals surface area contributed by atoms with Crippen LogP contribution in [0.1, 0.15) is 58.3 Å². The Morgan fingerprint density at radius 1 is 1.18 bits per heavy atom. The molecule has 0 aromatic rings. The van der Waals surface area contributed by atoms with Crippen LogP contribution >= 0.6 is 0 Å². The summed E-state index contributed by atoms with van der Waals surface area (Å²) < 4.78 is 0. The highest BCUT2D eigenvalue weighted by Gasteiger charge is 2.60. The second-order valence-corrected chi connectivity index (χ2v) is 7.96. The molecule has 6 atom stereocenters. The van der Waals surface area contributed by atoms with Gasteiger partial charge in [0.1, 0.15) is 5.78 Å². The Kier molecular flexibility index (Phi) is 3.34. The number of aliphatic hydroxyl groups excluding tert-OH is 1. The van der Waals surface area contributed by atoms with Crippen LogP contribution in [0.2, 0.25) is 0 Å². The Labute approximate surface area is 132 Å². The third kappa shape index (κ3) is 1.84. The highest BCUT2D eigenvalue weighted by molar-refractivity contribution is 5.91. The van der Waals surface area contributed by atoms with Gasteiger partial charge in [0.05, 0.1) is 6.10 Å². The maximum Gasteiger partial charge on any atom is 0.155 e. The molecule has 22 heavy (non-hydrogen) atoms. The number of hydrogen-bond donors (Lipinski definition) is 1. The molecule has 0 amide bonds. The molecule has 0 radical (unpaired) electrons. The summed E-state index contributed by atoms with van der Waals surface area (Å²) in [6, 6.07) is 0. The van der Waals surface area contributed by atoms with Gasteiger partial charge in [-0.15, -0.1) is 0 Å². The number of Topliss-reactive ketones (excluding diaryl/α,β-unsaturated/α-hetero) is 1. The number of carbonyl (C=O) groups is 2. The van der Waals surface area contributed by atoms with Gasteiger partial charge >= 0.3 is 0 Å². The monoisotopic (exact) mass is 302 g/mol. The molecule has 3 nitrogen and oxygen atoms in total. The molecule has 4 rings (SSSR count). The first-order valence-electron chi connectivity index (χ1n) is 9.01. The van der Waals surface area contributed by atoms with Crippen molar-refractivity contribution in [1.29, 1.82) is 0 Å². The van der Waals surface area contributed by atoms with Crippen LogP contribution < -0.4 is 0 Å². The number of rotatable bonds is 1. The topological polar surface area (TPSA) is 54.4 Å². The molecule has 0 aromatic heterocycles. The van der Waals surface area contributed by atoms with Gasteiger partial charge in [-0.3, -0.25) is 9.59 Å². The van der Waals surface area contributed by atoms with Crippen molar-refractivity contribution in [3.63, 3.8) is 0 Å². The average molecular weight is 302 g/mol. The van der Waals surface area contributed by atoms with E-state index in [-0.39, 0.29) is 23.2 Å². The highest BCUT2D eigenvalue weighted by atomic mass is 16.3. The van der Waals surface area contributed by atoms with Gasteiger partial charge in [-0.1, -0.05) is 12.5 Å². The summed E-state index contributed by atoms with van der Waals surface area (Å²) >= 11 is 0. The first kappa shape index (κ1) is 14.6. The average Bonchev–Trinajstić information content (AvgIpc) is 2.84. The summed E-state index contributed by atoms with van der Waals surface area (Å²) in [6.07, 6.45) is 8.34. The normalized spacial score (nSPS) is 47.5. The zero-order valence-electron chi connectivity index (χ0n) is 13.4. The van der Waals surface area contributed by atoms with E-state index in [1.54, 1.807) is 0 Å². The lowest BCUT2D eigenvalue weighted by Gasteiger charge is -2.54. The summed E-state index contributed by atoms with van der Waals surface area (Å²) in [5.41, 5.74) is 1.04. The quantitative estimate of drug-likeness (QED) is 0.810. The molecule has 4 aliphatic carbocycles. The molecule has 3 fully saturated rings. The van der Waals surface area contributed by atoms with E-state index in [9.17, 15) is 14.7 Å². The van der Waals surface area contributed by atoms with Gasteiger partial charge in [0, 0.05) is 18.3 Å². The minimum absolute atomic E-state index is 0.244. The lowest BCUT2D eigenvalue weighted by atomic mass is 9.50. The third-order valence-corrected chi connectivity index (χ3v) is 7.36. The van der Waals surface area contributed by atoms with Gasteiger partial charge < -0.3 is 5.11 Å². The van der Waals surface area contributed by atoms with Gasteiger partial charge in [0.15, 0.2) is 5.78 Å². The van der Waals surface area contributed by atoms with Crippen LogP contribution in [-0.2, 0) is 9.59 Å². The van der Waals surface area contributed by atoms with Crippen LogP contribution in [0.15, 0.2) is 11.6 Å². The minimum atomic E-state index is -0.370. The molecule has 120 valence electrons. The molecule has 0 bridgehead atoms. The van der Waals surface area contributed by atoms with E-state index in [1.807, 2.05) is 6.08 Å². The predicted octanol–water partition coefficient (Wildman–Crippen LogP) is 3.06. The predicted molar refractivity (Wildman–Crippen MR) is 83.1 cm³/mol. The molecule has 0 aliphatic heterocycles.